The Morgan fingerprint density at radius 3 is 2.71 bits per heavy atom. The monoisotopic (exact) mass is 353 g/mol. The Morgan fingerprint density at radius 2 is 2.00 bits per heavy atom. The minimum absolute atomic E-state index is 0. The molecule has 1 aromatic carbocycles. The van der Waals surface area contributed by atoms with Gasteiger partial charge in [0.05, 0.1) is 18.7 Å². The van der Waals surface area contributed by atoms with Gasteiger partial charge in [0.25, 0.3) is 0 Å². The molecule has 0 saturated carbocycles. The number of ketones is 1. The van der Waals surface area contributed by atoms with Crippen LogP contribution in [0.3, 0.4) is 0 Å². The first-order valence-electron chi connectivity index (χ1n) is 8.59. The van der Waals surface area contributed by atoms with Crippen molar-refractivity contribution >= 4 is 18.2 Å². The van der Waals surface area contributed by atoms with Crippen LogP contribution in [0.25, 0.3) is 0 Å². The van der Waals surface area contributed by atoms with E-state index < -0.39 is 0 Å². The van der Waals surface area contributed by atoms with Gasteiger partial charge in [-0.3, -0.25) is 9.69 Å². The normalized spacial score (nSPS) is 22.1. The molecule has 24 heavy (non-hydrogen) atoms. The fraction of sp³-hybridized carbons (Fsp3) is 0.611. The van der Waals surface area contributed by atoms with Gasteiger partial charge in [0.15, 0.2) is 5.78 Å². The van der Waals surface area contributed by atoms with Gasteiger partial charge in [-0.2, -0.15) is 0 Å². The molecule has 2 aliphatic rings. The van der Waals surface area contributed by atoms with Crippen LogP contribution in [0.2, 0.25) is 0 Å². The number of halogens is 1. The molecule has 2 saturated heterocycles. The van der Waals surface area contributed by atoms with Crippen molar-refractivity contribution < 1.29 is 9.53 Å². The van der Waals surface area contributed by atoms with Gasteiger partial charge in [-0.05, 0) is 32.1 Å². The van der Waals surface area contributed by atoms with E-state index in [-0.39, 0.29) is 18.2 Å². The van der Waals surface area contributed by atoms with Crippen LogP contribution in [0.4, 0.5) is 0 Å². The number of ether oxygens (including phenoxy) is 1. The lowest BCUT2D eigenvalue weighted by Gasteiger charge is -2.31. The third-order valence-electron chi connectivity index (χ3n) is 4.79. The van der Waals surface area contributed by atoms with E-state index in [2.05, 4.69) is 22.2 Å². The van der Waals surface area contributed by atoms with Crippen LogP contribution < -0.4 is 10.1 Å². The molecule has 6 heteroatoms. The molecule has 1 N–H and O–H groups in total. The summed E-state index contributed by atoms with van der Waals surface area (Å²) in [6, 6.07) is 7.66. The number of nitrogens with zero attached hydrogens (tertiary/aromatic N) is 2. The first kappa shape index (κ1) is 19.2. The second kappa shape index (κ2) is 9.37. The summed E-state index contributed by atoms with van der Waals surface area (Å²) in [5.41, 5.74) is 0.720. The van der Waals surface area contributed by atoms with Crippen molar-refractivity contribution in [3.8, 4) is 5.75 Å². The maximum absolute atomic E-state index is 12.7. The molecule has 5 nitrogen and oxygen atoms in total. The maximum atomic E-state index is 12.7. The average Bonchev–Trinajstić information content (AvgIpc) is 3.09. The highest BCUT2D eigenvalue weighted by Gasteiger charge is 2.20. The number of rotatable bonds is 6. The van der Waals surface area contributed by atoms with E-state index in [0.717, 1.165) is 57.0 Å². The van der Waals surface area contributed by atoms with Crippen molar-refractivity contribution in [2.45, 2.75) is 6.42 Å². The molecule has 2 aliphatic heterocycles. The molecule has 0 radical (unpaired) electrons. The number of para-hydroxylation sites is 1. The lowest BCUT2D eigenvalue weighted by atomic mass is 10.1. The molecule has 2 heterocycles. The molecular formula is C18H28ClN3O2. The highest BCUT2D eigenvalue weighted by Crippen LogP contribution is 2.21. The van der Waals surface area contributed by atoms with Gasteiger partial charge < -0.3 is 15.0 Å². The second-order valence-corrected chi connectivity index (χ2v) is 6.67. The zero-order valence-corrected chi connectivity index (χ0v) is 15.2. The van der Waals surface area contributed by atoms with Crippen molar-refractivity contribution in [2.24, 2.45) is 5.92 Å². The van der Waals surface area contributed by atoms with Crippen molar-refractivity contribution in [2.75, 3.05) is 59.5 Å². The average molecular weight is 354 g/mol. The van der Waals surface area contributed by atoms with Crippen LogP contribution in [-0.2, 0) is 0 Å². The number of hydrogen-bond acceptors (Lipinski definition) is 5. The number of nitrogens with one attached hydrogen (secondary N) is 1. The zero-order valence-electron chi connectivity index (χ0n) is 14.4. The Bertz CT molecular complexity index is 527. The van der Waals surface area contributed by atoms with Crippen LogP contribution in [0, 0.1) is 5.92 Å². The highest BCUT2D eigenvalue weighted by molar-refractivity contribution is 6.00. The Kier molecular flexibility index (Phi) is 7.49. The summed E-state index contributed by atoms with van der Waals surface area (Å²) in [6.45, 7) is 7.22. The van der Waals surface area contributed by atoms with Crippen LogP contribution >= 0.6 is 12.4 Å². The molecule has 2 fully saturated rings. The molecule has 0 aliphatic carbocycles. The maximum Gasteiger partial charge on any atom is 0.180 e. The summed E-state index contributed by atoms with van der Waals surface area (Å²) in [6.07, 6.45) is 1.15. The molecule has 134 valence electrons. The van der Waals surface area contributed by atoms with E-state index in [9.17, 15) is 4.79 Å². The van der Waals surface area contributed by atoms with E-state index >= 15 is 0 Å². The van der Waals surface area contributed by atoms with E-state index in [1.54, 1.807) is 0 Å². The molecule has 0 spiro atoms. The molecule has 0 amide bonds. The Morgan fingerprint density at radius 1 is 1.25 bits per heavy atom. The van der Waals surface area contributed by atoms with Gasteiger partial charge in [0.2, 0.25) is 0 Å². The third kappa shape index (κ3) is 5.18. The van der Waals surface area contributed by atoms with Gasteiger partial charge in [-0.1, -0.05) is 12.1 Å². The molecule has 0 aromatic heterocycles. The SMILES string of the molecule is CN1CCN(CC(=O)c2ccccc2OCC2CCNC2)CC1.Cl. The molecule has 1 atom stereocenters. The standard InChI is InChI=1S/C18H27N3O2.ClH/c1-20-8-10-21(11-9-20)13-17(22)16-4-2-3-5-18(16)23-14-15-6-7-19-12-15;/h2-5,15,19H,6-14H2,1H3;1H. The number of Topliss-reactive ketones (excluding diaryl/α,β-unsaturated/α-hetero) is 1. The topological polar surface area (TPSA) is 44.8 Å². The summed E-state index contributed by atoms with van der Waals surface area (Å²) >= 11 is 0. The van der Waals surface area contributed by atoms with Crippen molar-refractivity contribution in [3.63, 3.8) is 0 Å². The number of hydrogen-bond donors (Lipinski definition) is 1. The molecule has 1 unspecified atom stereocenters. The number of carbonyl (C=O) groups excluding carboxylic acids is 1. The number of carbonyl (C=O) groups is 1. The zero-order chi connectivity index (χ0) is 16.1. The molecular weight excluding hydrogens is 326 g/mol. The van der Waals surface area contributed by atoms with E-state index in [4.69, 9.17) is 4.74 Å². The van der Waals surface area contributed by atoms with Crippen molar-refractivity contribution in [3.05, 3.63) is 29.8 Å². The number of piperazine rings is 1. The van der Waals surface area contributed by atoms with Crippen LogP contribution in [-0.4, -0.2) is 75.1 Å². The Hall–Kier alpha value is -1.14. The summed E-state index contributed by atoms with van der Waals surface area (Å²) in [4.78, 5) is 17.2. The minimum atomic E-state index is 0. The van der Waals surface area contributed by atoms with Crippen molar-refractivity contribution in [1.82, 2.24) is 15.1 Å². The van der Waals surface area contributed by atoms with Crippen molar-refractivity contribution in [1.29, 1.82) is 0 Å². The van der Waals surface area contributed by atoms with Gasteiger partial charge in [-0.15, -0.1) is 12.4 Å². The predicted octanol–water partition coefficient (Wildman–Crippen LogP) is 1.53. The molecule has 1 aromatic rings. The lowest BCUT2D eigenvalue weighted by molar-refractivity contribution is 0.0872. The van der Waals surface area contributed by atoms with Crippen LogP contribution in [0.5, 0.6) is 5.75 Å². The Labute approximate surface area is 150 Å². The molecule has 3 rings (SSSR count). The van der Waals surface area contributed by atoms with Gasteiger partial charge in [0, 0.05) is 38.6 Å². The minimum Gasteiger partial charge on any atom is -0.492 e. The van der Waals surface area contributed by atoms with E-state index in [1.807, 2.05) is 24.3 Å². The molecule has 0 bridgehead atoms. The second-order valence-electron chi connectivity index (χ2n) is 6.67. The van der Waals surface area contributed by atoms with E-state index in [0.29, 0.717) is 19.1 Å². The summed E-state index contributed by atoms with van der Waals surface area (Å²) in [7, 11) is 2.13. The highest BCUT2D eigenvalue weighted by atomic mass is 35.5. The van der Waals surface area contributed by atoms with Crippen LogP contribution in [0.1, 0.15) is 16.8 Å². The smallest absolute Gasteiger partial charge is 0.180 e. The van der Waals surface area contributed by atoms with Crippen LogP contribution in [0.15, 0.2) is 24.3 Å². The number of benzene rings is 1. The van der Waals surface area contributed by atoms with Gasteiger partial charge in [0.1, 0.15) is 5.75 Å². The Balaban J connectivity index is 0.00000208. The fourth-order valence-electron chi connectivity index (χ4n) is 3.18. The third-order valence-corrected chi connectivity index (χ3v) is 4.79. The largest absolute Gasteiger partial charge is 0.492 e. The predicted molar refractivity (Wildman–Crippen MR) is 98.4 cm³/mol. The fourth-order valence-corrected chi connectivity index (χ4v) is 3.18. The summed E-state index contributed by atoms with van der Waals surface area (Å²) in [5.74, 6) is 1.45. The van der Waals surface area contributed by atoms with Gasteiger partial charge >= 0.3 is 0 Å². The van der Waals surface area contributed by atoms with Gasteiger partial charge in [-0.25, -0.2) is 0 Å². The summed E-state index contributed by atoms with van der Waals surface area (Å²) in [5, 5.41) is 3.35. The lowest BCUT2D eigenvalue weighted by Crippen LogP contribution is -2.46. The quantitative estimate of drug-likeness (QED) is 0.786. The first-order valence-corrected chi connectivity index (χ1v) is 8.59. The van der Waals surface area contributed by atoms with E-state index in [1.165, 1.54) is 0 Å². The first-order chi connectivity index (χ1) is 11.2. The number of likely N-dealkylation sites (N-methyl/N-ethyl adjacent to an activating group) is 1. The summed E-state index contributed by atoms with van der Waals surface area (Å²) < 4.78 is 5.96.